The molecule has 0 spiro atoms. The zero-order valence-corrected chi connectivity index (χ0v) is 18.1. The minimum absolute atomic E-state index is 0.0762. The summed E-state index contributed by atoms with van der Waals surface area (Å²) >= 11 is 0. The molecule has 2 aromatic heterocycles. The fourth-order valence-corrected chi connectivity index (χ4v) is 4.66. The summed E-state index contributed by atoms with van der Waals surface area (Å²) in [4.78, 5) is 16.8. The number of aryl methyl sites for hydroxylation is 1. The van der Waals surface area contributed by atoms with Crippen LogP contribution in [0.1, 0.15) is 76.9 Å². The Morgan fingerprint density at radius 1 is 1.33 bits per heavy atom. The van der Waals surface area contributed by atoms with Gasteiger partial charge in [0.25, 0.3) is 5.91 Å². The highest BCUT2D eigenvalue weighted by Gasteiger charge is 2.40. The normalized spacial score (nSPS) is 19.8. The van der Waals surface area contributed by atoms with E-state index in [1.165, 1.54) is 13.0 Å². The summed E-state index contributed by atoms with van der Waals surface area (Å²) in [5.41, 5.74) is 8.10. The number of imidazole rings is 1. The molecule has 1 saturated carbocycles. The molecule has 2 bridgehead atoms. The van der Waals surface area contributed by atoms with Gasteiger partial charge in [0.05, 0.1) is 17.3 Å². The number of allylic oxidation sites excluding steroid dienone is 2. The van der Waals surface area contributed by atoms with Crippen LogP contribution in [-0.4, -0.2) is 25.7 Å². The zero-order chi connectivity index (χ0) is 23.1. The van der Waals surface area contributed by atoms with Crippen LogP contribution in [0, 0.1) is 24.6 Å². The highest BCUT2D eigenvalue weighted by molar-refractivity contribution is 5.94. The van der Waals surface area contributed by atoms with E-state index in [0.29, 0.717) is 22.8 Å². The fraction of sp³-hybridized carbons (Fsp3) is 0.320. The average Bonchev–Trinajstić information content (AvgIpc) is 3.40. The van der Waals surface area contributed by atoms with Gasteiger partial charge in [-0.25, -0.2) is 9.37 Å². The number of nitrogens with two attached hydrogens (primary N) is 1. The largest absolute Gasteiger partial charge is 0.372 e. The van der Waals surface area contributed by atoms with E-state index in [4.69, 9.17) is 10.3 Å². The van der Waals surface area contributed by atoms with E-state index < -0.39 is 17.3 Å². The van der Waals surface area contributed by atoms with Crippen LogP contribution in [0.5, 0.6) is 0 Å². The standard InChI is InChI=1S/C25H21FN4O3/c1-12-7-20(29-33-12)25(2,32)6-5-14-10-18-17(11-19(14)26)15-8-16(9-15)30-22(13-3-4-13)21(23(27)31)28-24(18)30/h7-8,10-11,13,16,32H,3-4,9H2,1-2H3,(H2,27,31)/t16?,25-/m1/s1. The van der Waals surface area contributed by atoms with Crippen LogP contribution >= 0.6 is 0 Å². The highest BCUT2D eigenvalue weighted by atomic mass is 19.1. The van der Waals surface area contributed by atoms with Crippen LogP contribution in [0.3, 0.4) is 0 Å². The maximum absolute atomic E-state index is 15.1. The van der Waals surface area contributed by atoms with Crippen LogP contribution in [0.2, 0.25) is 0 Å². The topological polar surface area (TPSA) is 107 Å². The van der Waals surface area contributed by atoms with E-state index in [0.717, 1.165) is 36.1 Å². The van der Waals surface area contributed by atoms with Crippen molar-refractivity contribution in [3.63, 3.8) is 0 Å². The first-order chi connectivity index (χ1) is 15.7. The summed E-state index contributed by atoms with van der Waals surface area (Å²) in [6, 6.07) is 4.77. The Morgan fingerprint density at radius 2 is 2.09 bits per heavy atom. The first-order valence-electron chi connectivity index (χ1n) is 10.9. The Labute approximate surface area is 189 Å². The Kier molecular flexibility index (Phi) is 4.02. The molecule has 2 aliphatic carbocycles. The second-order valence-corrected chi connectivity index (χ2v) is 9.16. The molecule has 7 rings (SSSR count). The molecule has 2 aliphatic heterocycles. The van der Waals surface area contributed by atoms with Gasteiger partial charge in [-0.3, -0.25) is 4.79 Å². The lowest BCUT2D eigenvalue weighted by molar-refractivity contribution is 0.0994. The Bertz CT molecular complexity index is 1450. The lowest BCUT2D eigenvalue weighted by Gasteiger charge is -2.26. The van der Waals surface area contributed by atoms with E-state index in [1.807, 2.05) is 0 Å². The van der Waals surface area contributed by atoms with Gasteiger partial charge in [0.1, 0.15) is 28.8 Å². The summed E-state index contributed by atoms with van der Waals surface area (Å²) in [7, 11) is 0. The SMILES string of the molecule is Cc1cc([C@](C)(O)C#Cc2cc3c(cc2F)C2=CC(C2)n2c-3nc(C(N)=O)c2C2CC2)no1. The molecule has 0 saturated heterocycles. The van der Waals surface area contributed by atoms with E-state index in [2.05, 4.69) is 32.6 Å². The van der Waals surface area contributed by atoms with Crippen molar-refractivity contribution < 1.29 is 18.8 Å². The molecule has 166 valence electrons. The van der Waals surface area contributed by atoms with Crippen molar-refractivity contribution in [2.24, 2.45) is 5.73 Å². The summed E-state index contributed by atoms with van der Waals surface area (Å²) in [5.74, 6) is 5.85. The summed E-state index contributed by atoms with van der Waals surface area (Å²) in [6.07, 6.45) is 4.84. The maximum Gasteiger partial charge on any atom is 0.269 e. The molecule has 1 amide bonds. The molecule has 0 radical (unpaired) electrons. The van der Waals surface area contributed by atoms with Crippen molar-refractivity contribution in [2.45, 2.75) is 50.7 Å². The third-order valence-electron chi connectivity index (χ3n) is 6.56. The predicted octanol–water partition coefficient (Wildman–Crippen LogP) is 3.56. The molecule has 4 aliphatic rings. The van der Waals surface area contributed by atoms with Crippen molar-refractivity contribution in [1.82, 2.24) is 14.7 Å². The highest BCUT2D eigenvalue weighted by Crippen LogP contribution is 2.52. The number of carbonyl (C=O) groups is 1. The van der Waals surface area contributed by atoms with Crippen molar-refractivity contribution in [2.75, 3.05) is 0 Å². The van der Waals surface area contributed by atoms with Crippen molar-refractivity contribution in [3.8, 4) is 23.2 Å². The average molecular weight is 444 g/mol. The molecule has 4 heterocycles. The van der Waals surface area contributed by atoms with Crippen LogP contribution < -0.4 is 5.73 Å². The maximum atomic E-state index is 15.1. The third-order valence-corrected chi connectivity index (χ3v) is 6.56. The van der Waals surface area contributed by atoms with Crippen LogP contribution in [0.4, 0.5) is 4.39 Å². The Morgan fingerprint density at radius 3 is 2.73 bits per heavy atom. The van der Waals surface area contributed by atoms with Crippen LogP contribution in [0.15, 0.2) is 28.8 Å². The first kappa shape index (κ1) is 19.9. The van der Waals surface area contributed by atoms with Crippen LogP contribution in [0.25, 0.3) is 17.0 Å². The smallest absolute Gasteiger partial charge is 0.269 e. The second kappa shape index (κ2) is 6.65. The number of primary amides is 1. The quantitative estimate of drug-likeness (QED) is 0.601. The minimum Gasteiger partial charge on any atom is -0.372 e. The number of rotatable bonds is 3. The molecule has 8 heteroatoms. The van der Waals surface area contributed by atoms with Gasteiger partial charge in [-0.1, -0.05) is 23.1 Å². The van der Waals surface area contributed by atoms with Gasteiger partial charge in [-0.2, -0.15) is 0 Å². The molecule has 3 N–H and O–H groups in total. The van der Waals surface area contributed by atoms with Gasteiger partial charge in [0.15, 0.2) is 5.60 Å². The van der Waals surface area contributed by atoms with E-state index in [9.17, 15) is 9.90 Å². The molecule has 2 atom stereocenters. The number of hydrogen-bond donors (Lipinski definition) is 2. The van der Waals surface area contributed by atoms with Gasteiger partial charge in [-0.15, -0.1) is 0 Å². The first-order valence-corrected chi connectivity index (χ1v) is 10.9. The number of halogens is 1. The van der Waals surface area contributed by atoms with E-state index in [1.54, 1.807) is 19.1 Å². The Hall–Kier alpha value is -3.70. The molecule has 1 aromatic carbocycles. The number of amides is 1. The molecule has 1 unspecified atom stereocenters. The predicted molar refractivity (Wildman–Crippen MR) is 117 cm³/mol. The second-order valence-electron chi connectivity index (χ2n) is 9.16. The van der Waals surface area contributed by atoms with Gasteiger partial charge < -0.3 is 19.9 Å². The fourth-order valence-electron chi connectivity index (χ4n) is 4.66. The van der Waals surface area contributed by atoms with E-state index >= 15 is 4.39 Å². The lowest BCUT2D eigenvalue weighted by Crippen LogP contribution is -2.19. The lowest BCUT2D eigenvalue weighted by atomic mass is 9.86. The van der Waals surface area contributed by atoms with Crippen molar-refractivity contribution in [3.05, 3.63) is 64.1 Å². The molecular weight excluding hydrogens is 423 g/mol. The molecule has 7 nitrogen and oxygen atoms in total. The van der Waals surface area contributed by atoms with Gasteiger partial charge in [-0.05, 0) is 56.4 Å². The van der Waals surface area contributed by atoms with E-state index in [-0.39, 0.29) is 23.2 Å². The van der Waals surface area contributed by atoms with Gasteiger partial charge in [0, 0.05) is 17.5 Å². The zero-order valence-electron chi connectivity index (χ0n) is 18.1. The summed E-state index contributed by atoms with van der Waals surface area (Å²) < 4.78 is 22.2. The van der Waals surface area contributed by atoms with Gasteiger partial charge in [0.2, 0.25) is 0 Å². The minimum atomic E-state index is -1.61. The summed E-state index contributed by atoms with van der Waals surface area (Å²) in [5, 5.41) is 14.5. The number of aliphatic hydroxyl groups is 1. The number of carbonyl (C=O) groups excluding carboxylic acids is 1. The third kappa shape index (κ3) is 3.04. The van der Waals surface area contributed by atoms with Crippen LogP contribution in [-0.2, 0) is 5.60 Å². The summed E-state index contributed by atoms with van der Waals surface area (Å²) in [6.45, 7) is 3.19. The molecular formula is C25H21FN4O3. The van der Waals surface area contributed by atoms with Crippen molar-refractivity contribution >= 4 is 11.5 Å². The van der Waals surface area contributed by atoms with Gasteiger partial charge >= 0.3 is 0 Å². The van der Waals surface area contributed by atoms with Crippen molar-refractivity contribution in [1.29, 1.82) is 0 Å². The number of benzene rings is 1. The Balaban J connectivity index is 1.50. The number of nitrogens with zero attached hydrogens (tertiary/aromatic N) is 3. The molecule has 33 heavy (non-hydrogen) atoms. The molecule has 3 aromatic rings. The monoisotopic (exact) mass is 444 g/mol. The number of aromatic nitrogens is 3. The molecule has 1 fully saturated rings. The number of hydrogen-bond acceptors (Lipinski definition) is 5.